The van der Waals surface area contributed by atoms with Gasteiger partial charge in [0.25, 0.3) is 10.0 Å². The Labute approximate surface area is 154 Å². The number of amidine groups is 1. The van der Waals surface area contributed by atoms with Crippen LogP contribution in [-0.4, -0.2) is 65.5 Å². The van der Waals surface area contributed by atoms with Crippen LogP contribution in [0.4, 0.5) is 5.69 Å². The summed E-state index contributed by atoms with van der Waals surface area (Å²) in [7, 11) is -0.206. The first kappa shape index (κ1) is 20.3. The van der Waals surface area contributed by atoms with Gasteiger partial charge in [-0.1, -0.05) is 6.07 Å². The topological polar surface area (TPSA) is 100 Å². The van der Waals surface area contributed by atoms with Gasteiger partial charge < -0.3 is 10.1 Å². The number of hydrogen-bond acceptors (Lipinski definition) is 6. The summed E-state index contributed by atoms with van der Waals surface area (Å²) in [6.07, 6.45) is 2.32. The highest BCUT2D eigenvalue weighted by atomic mass is 32.2. The number of carbonyl (C=O) groups is 1. The molecule has 0 saturated carbocycles. The molecule has 2 N–H and O–H groups in total. The Morgan fingerprint density at radius 2 is 2.19 bits per heavy atom. The SMILES string of the molecule is COCCCN(C)CC(=O)Nc1cccc(S(=O)(=O)NC2=NCCC2)c1. The van der Waals surface area contributed by atoms with Crippen LogP contribution in [0.15, 0.2) is 34.2 Å². The van der Waals surface area contributed by atoms with Gasteiger partial charge in [0.2, 0.25) is 5.91 Å². The van der Waals surface area contributed by atoms with E-state index < -0.39 is 10.0 Å². The molecule has 1 aromatic rings. The van der Waals surface area contributed by atoms with Crippen molar-refractivity contribution in [3.05, 3.63) is 24.3 Å². The Balaban J connectivity index is 1.94. The number of carbonyl (C=O) groups excluding carboxylic acids is 1. The molecule has 0 aliphatic carbocycles. The van der Waals surface area contributed by atoms with Gasteiger partial charge in [-0.2, -0.15) is 0 Å². The molecule has 0 unspecified atom stereocenters. The smallest absolute Gasteiger partial charge is 0.262 e. The van der Waals surface area contributed by atoms with Crippen LogP contribution < -0.4 is 10.0 Å². The molecule has 0 saturated heterocycles. The number of aliphatic imine (C=N–C) groups is 1. The summed E-state index contributed by atoms with van der Waals surface area (Å²) in [6, 6.07) is 6.20. The zero-order valence-corrected chi connectivity index (χ0v) is 16.0. The molecule has 2 rings (SSSR count). The number of anilines is 1. The Hall–Kier alpha value is -1.97. The van der Waals surface area contributed by atoms with Crippen molar-refractivity contribution >= 4 is 27.5 Å². The summed E-state index contributed by atoms with van der Waals surface area (Å²) >= 11 is 0. The van der Waals surface area contributed by atoms with Gasteiger partial charge in [-0.05, 0) is 38.1 Å². The molecule has 0 spiro atoms. The van der Waals surface area contributed by atoms with Crippen LogP contribution >= 0.6 is 0 Å². The number of rotatable bonds is 9. The predicted octanol–water partition coefficient (Wildman–Crippen LogP) is 1.06. The van der Waals surface area contributed by atoms with Gasteiger partial charge in [0.05, 0.1) is 11.4 Å². The van der Waals surface area contributed by atoms with E-state index in [1.54, 1.807) is 19.2 Å². The Bertz CT molecular complexity index is 749. The Morgan fingerprint density at radius 1 is 1.38 bits per heavy atom. The average Bonchev–Trinajstić information content (AvgIpc) is 3.07. The quantitative estimate of drug-likeness (QED) is 0.622. The highest BCUT2D eigenvalue weighted by Crippen LogP contribution is 2.16. The summed E-state index contributed by atoms with van der Waals surface area (Å²) in [5.41, 5.74) is 0.441. The molecule has 1 aliphatic heterocycles. The number of methoxy groups -OCH3 is 1. The Morgan fingerprint density at radius 3 is 2.88 bits per heavy atom. The molecule has 26 heavy (non-hydrogen) atoms. The summed E-state index contributed by atoms with van der Waals surface area (Å²) in [6.45, 7) is 2.24. The van der Waals surface area contributed by atoms with E-state index >= 15 is 0 Å². The maximum atomic E-state index is 12.4. The molecule has 144 valence electrons. The lowest BCUT2D eigenvalue weighted by molar-refractivity contribution is -0.117. The van der Waals surface area contributed by atoms with Crippen LogP contribution in [-0.2, 0) is 19.6 Å². The number of nitrogens with zero attached hydrogens (tertiary/aromatic N) is 2. The fourth-order valence-electron chi connectivity index (χ4n) is 2.58. The van der Waals surface area contributed by atoms with Gasteiger partial charge in [0, 0.05) is 38.9 Å². The van der Waals surface area contributed by atoms with Crippen molar-refractivity contribution in [3.8, 4) is 0 Å². The van der Waals surface area contributed by atoms with Crippen molar-refractivity contribution in [1.29, 1.82) is 0 Å². The number of nitrogens with one attached hydrogen (secondary N) is 2. The molecule has 1 aromatic carbocycles. The minimum absolute atomic E-state index is 0.0957. The van der Waals surface area contributed by atoms with E-state index in [9.17, 15) is 13.2 Å². The van der Waals surface area contributed by atoms with E-state index in [0.29, 0.717) is 31.1 Å². The maximum absolute atomic E-state index is 12.4. The van der Waals surface area contributed by atoms with Crippen LogP contribution in [0.5, 0.6) is 0 Å². The zero-order chi connectivity index (χ0) is 19.0. The highest BCUT2D eigenvalue weighted by molar-refractivity contribution is 7.90. The number of benzene rings is 1. The summed E-state index contributed by atoms with van der Waals surface area (Å²) in [5, 5.41) is 2.74. The van der Waals surface area contributed by atoms with Gasteiger partial charge in [0.1, 0.15) is 5.84 Å². The van der Waals surface area contributed by atoms with E-state index in [4.69, 9.17) is 4.74 Å². The minimum atomic E-state index is -3.70. The molecule has 0 radical (unpaired) electrons. The maximum Gasteiger partial charge on any atom is 0.262 e. The van der Waals surface area contributed by atoms with E-state index in [-0.39, 0.29) is 17.3 Å². The third-order valence-electron chi connectivity index (χ3n) is 3.86. The number of hydrogen-bond donors (Lipinski definition) is 2. The Kier molecular flexibility index (Phi) is 7.55. The van der Waals surface area contributed by atoms with Crippen LogP contribution in [0.1, 0.15) is 19.3 Å². The van der Waals surface area contributed by atoms with E-state index in [1.807, 2.05) is 11.9 Å². The molecule has 1 heterocycles. The first-order chi connectivity index (χ1) is 12.4. The molecule has 1 amide bonds. The molecular weight excluding hydrogens is 356 g/mol. The van der Waals surface area contributed by atoms with Gasteiger partial charge in [-0.3, -0.25) is 19.4 Å². The molecule has 8 nitrogen and oxygen atoms in total. The van der Waals surface area contributed by atoms with Crippen LogP contribution in [0.25, 0.3) is 0 Å². The van der Waals surface area contributed by atoms with Crippen LogP contribution in [0.3, 0.4) is 0 Å². The van der Waals surface area contributed by atoms with Crippen molar-refractivity contribution in [2.75, 3.05) is 45.7 Å². The third-order valence-corrected chi connectivity index (χ3v) is 5.24. The predicted molar refractivity (Wildman–Crippen MR) is 101 cm³/mol. The lowest BCUT2D eigenvalue weighted by Gasteiger charge is -2.16. The van der Waals surface area contributed by atoms with Crippen LogP contribution in [0.2, 0.25) is 0 Å². The zero-order valence-electron chi connectivity index (χ0n) is 15.2. The minimum Gasteiger partial charge on any atom is -0.385 e. The number of ether oxygens (including phenoxy) is 1. The fraction of sp³-hybridized carbons (Fsp3) is 0.529. The summed E-state index contributed by atoms with van der Waals surface area (Å²) in [5.74, 6) is 0.282. The van der Waals surface area contributed by atoms with Gasteiger partial charge in [0.15, 0.2) is 0 Å². The first-order valence-electron chi connectivity index (χ1n) is 8.54. The summed E-state index contributed by atoms with van der Waals surface area (Å²) < 4.78 is 32.3. The van der Waals surface area contributed by atoms with E-state index in [0.717, 1.165) is 19.4 Å². The monoisotopic (exact) mass is 382 g/mol. The molecular formula is C17H26N4O4S. The number of amides is 1. The molecule has 9 heteroatoms. The second-order valence-electron chi connectivity index (χ2n) is 6.20. The largest absolute Gasteiger partial charge is 0.385 e. The second-order valence-corrected chi connectivity index (χ2v) is 7.88. The van der Waals surface area contributed by atoms with Crippen molar-refractivity contribution in [1.82, 2.24) is 9.62 Å². The van der Waals surface area contributed by atoms with Gasteiger partial charge >= 0.3 is 0 Å². The number of likely N-dealkylation sites (N-methyl/N-ethyl adjacent to an activating group) is 1. The fourth-order valence-corrected chi connectivity index (χ4v) is 3.72. The second kappa shape index (κ2) is 9.65. The standard InChI is InChI=1S/C17H26N4O4S/c1-21(10-5-11-25-2)13-17(22)19-14-6-3-7-15(12-14)26(23,24)20-16-8-4-9-18-16/h3,6-7,12H,4-5,8-11,13H2,1-2H3,(H,18,20)(H,19,22). The van der Waals surface area contributed by atoms with E-state index in [1.165, 1.54) is 12.1 Å². The normalized spacial score (nSPS) is 14.3. The average molecular weight is 382 g/mol. The third kappa shape index (κ3) is 6.40. The summed E-state index contributed by atoms with van der Waals surface area (Å²) in [4.78, 5) is 18.2. The van der Waals surface area contributed by atoms with Crippen molar-refractivity contribution in [3.63, 3.8) is 0 Å². The molecule has 0 aromatic heterocycles. The lowest BCUT2D eigenvalue weighted by Crippen LogP contribution is -2.31. The first-order valence-corrected chi connectivity index (χ1v) is 10.0. The molecule has 0 fully saturated rings. The van der Waals surface area contributed by atoms with Crippen molar-refractivity contribution in [2.45, 2.75) is 24.2 Å². The van der Waals surface area contributed by atoms with Crippen LogP contribution in [0, 0.1) is 0 Å². The van der Waals surface area contributed by atoms with E-state index in [2.05, 4.69) is 15.0 Å². The highest BCUT2D eigenvalue weighted by Gasteiger charge is 2.18. The molecule has 1 aliphatic rings. The van der Waals surface area contributed by atoms with Gasteiger partial charge in [-0.25, -0.2) is 8.42 Å². The molecule has 0 atom stereocenters. The molecule has 0 bridgehead atoms. The van der Waals surface area contributed by atoms with Crippen molar-refractivity contribution < 1.29 is 17.9 Å². The van der Waals surface area contributed by atoms with Crippen molar-refractivity contribution in [2.24, 2.45) is 4.99 Å². The van der Waals surface area contributed by atoms with Gasteiger partial charge in [-0.15, -0.1) is 0 Å². The number of sulfonamides is 1. The lowest BCUT2D eigenvalue weighted by atomic mass is 10.3.